The van der Waals surface area contributed by atoms with E-state index < -0.39 is 22.7 Å². The predicted molar refractivity (Wildman–Crippen MR) is 159 cm³/mol. The second-order valence-electron chi connectivity index (χ2n) is 8.71. The predicted octanol–water partition coefficient (Wildman–Crippen LogP) is 12.5. The molecule has 0 aliphatic carbocycles. The molecule has 0 radical (unpaired) electrons. The van der Waals surface area contributed by atoms with Gasteiger partial charge in [-0.2, -0.15) is 26.3 Å². The number of benzene rings is 2. The van der Waals surface area contributed by atoms with E-state index in [0.29, 0.717) is 61.2 Å². The number of unbranched alkanes of at least 4 members (excludes halogenated alkanes) is 6. The molecule has 42 heavy (non-hydrogen) atoms. The minimum absolute atomic E-state index is 0.00351. The third-order valence-corrected chi connectivity index (χ3v) is 10.3. The summed E-state index contributed by atoms with van der Waals surface area (Å²) in [7, 11) is 2.29. The van der Waals surface area contributed by atoms with Crippen LogP contribution in [-0.2, 0) is 0 Å². The molecule has 2 nitrogen and oxygen atoms in total. The number of alkyl halides is 6. The van der Waals surface area contributed by atoms with Gasteiger partial charge in [-0.05, 0) is 49.9 Å². The molecule has 0 spiro atoms. The third-order valence-electron chi connectivity index (χ3n) is 5.32. The monoisotopic (exact) mass is 722 g/mol. The van der Waals surface area contributed by atoms with Gasteiger partial charge in [0.05, 0.1) is 23.3 Å². The Morgan fingerprint density at radius 3 is 1.26 bits per heavy atom. The Bertz CT molecular complexity index is 1020. The Morgan fingerprint density at radius 1 is 0.548 bits per heavy atom. The van der Waals surface area contributed by atoms with Crippen LogP contribution in [-0.4, -0.2) is 35.7 Å². The van der Waals surface area contributed by atoms with Gasteiger partial charge in [-0.1, -0.05) is 94.0 Å². The first-order valence-electron chi connectivity index (χ1n) is 12.7. The average molecular weight is 724 g/mol. The van der Waals surface area contributed by atoms with E-state index in [1.165, 1.54) is 12.1 Å². The summed E-state index contributed by atoms with van der Waals surface area (Å²) >= 11 is 12.3. The molecule has 16 heteroatoms. The molecule has 0 N–H and O–H groups in total. The number of hydrogen-bond acceptors (Lipinski definition) is 6. The Kier molecular flexibility index (Phi) is 17.1. The van der Waals surface area contributed by atoms with Crippen LogP contribution in [0, 0.1) is 11.6 Å². The molecule has 0 aromatic heterocycles. The fourth-order valence-electron chi connectivity index (χ4n) is 3.32. The maximum atomic E-state index is 14.4. The Balaban J connectivity index is 1.81. The molecule has 0 amide bonds. The SMILES string of the molecule is Fc1cc(Cl)c(SSc2cc(OCCCCCCSC(F)(F)F)c(F)cc2Cl)cc1OCCCCCCSC(F)(F)F. The highest BCUT2D eigenvalue weighted by atomic mass is 35.5. The lowest BCUT2D eigenvalue weighted by molar-refractivity contribution is -0.0336. The first-order chi connectivity index (χ1) is 19.7. The zero-order valence-electron chi connectivity index (χ0n) is 22.0. The van der Waals surface area contributed by atoms with Crippen molar-refractivity contribution in [2.24, 2.45) is 0 Å². The van der Waals surface area contributed by atoms with E-state index in [-0.39, 0.29) is 69.8 Å². The lowest BCUT2D eigenvalue weighted by atomic mass is 10.2. The molecule has 2 aromatic rings. The topological polar surface area (TPSA) is 18.5 Å². The van der Waals surface area contributed by atoms with Gasteiger partial charge < -0.3 is 9.47 Å². The molecule has 0 heterocycles. The van der Waals surface area contributed by atoms with Gasteiger partial charge in [0.25, 0.3) is 0 Å². The highest BCUT2D eigenvalue weighted by Crippen LogP contribution is 2.46. The van der Waals surface area contributed by atoms with Crippen LogP contribution in [0.4, 0.5) is 35.1 Å². The first-order valence-corrected chi connectivity index (χ1v) is 17.6. The summed E-state index contributed by atoms with van der Waals surface area (Å²) < 4.78 is 113. The first kappa shape index (κ1) is 37.6. The largest absolute Gasteiger partial charge is 0.490 e. The zero-order chi connectivity index (χ0) is 31.2. The van der Waals surface area contributed by atoms with Crippen LogP contribution in [0.1, 0.15) is 51.4 Å². The standard InChI is InChI=1S/C26H28Cl2F8O2S4/c27-17-13-19(29)21(37-9-5-1-3-7-11-39-25(31,32)33)15-23(17)41-42-24-16-22(20(30)14-18(24)28)38-10-6-2-4-8-12-40-26(34,35)36/h13-16H,1-12H2. The third kappa shape index (κ3) is 16.0. The van der Waals surface area contributed by atoms with Gasteiger partial charge >= 0.3 is 11.0 Å². The van der Waals surface area contributed by atoms with E-state index in [0.717, 1.165) is 33.7 Å². The second kappa shape index (κ2) is 19.1. The van der Waals surface area contributed by atoms with Crippen molar-refractivity contribution in [2.75, 3.05) is 24.7 Å². The summed E-state index contributed by atoms with van der Waals surface area (Å²) in [6.45, 7) is 0.360. The Hall–Kier alpha value is -0.540. The maximum absolute atomic E-state index is 14.4. The molecule has 238 valence electrons. The van der Waals surface area contributed by atoms with Gasteiger partial charge in [-0.25, -0.2) is 8.78 Å². The summed E-state index contributed by atoms with van der Waals surface area (Å²) in [5, 5.41) is 0.255. The molecular formula is C26H28Cl2F8O2S4. The summed E-state index contributed by atoms with van der Waals surface area (Å²) in [6.07, 6.45) is 4.40. The molecule has 0 unspecified atom stereocenters. The van der Waals surface area contributed by atoms with Crippen molar-refractivity contribution in [3.8, 4) is 11.5 Å². The van der Waals surface area contributed by atoms with Crippen LogP contribution in [0.3, 0.4) is 0 Å². The lowest BCUT2D eigenvalue weighted by Crippen LogP contribution is -2.02. The number of rotatable bonds is 19. The maximum Gasteiger partial charge on any atom is 0.441 e. The van der Waals surface area contributed by atoms with Crippen molar-refractivity contribution in [1.82, 2.24) is 0 Å². The average Bonchev–Trinajstić information content (AvgIpc) is 2.88. The summed E-state index contributed by atoms with van der Waals surface area (Å²) in [5.74, 6) is -1.38. The smallest absolute Gasteiger partial charge is 0.441 e. The van der Waals surface area contributed by atoms with Gasteiger partial charge in [0.1, 0.15) is 0 Å². The molecule has 0 atom stereocenters. The summed E-state index contributed by atoms with van der Waals surface area (Å²) in [5.41, 5.74) is -8.45. The lowest BCUT2D eigenvalue weighted by Gasteiger charge is -2.12. The van der Waals surface area contributed by atoms with E-state index >= 15 is 0 Å². The molecule has 0 aliphatic heterocycles. The van der Waals surface area contributed by atoms with Gasteiger partial charge in [-0.15, -0.1) is 0 Å². The van der Waals surface area contributed by atoms with Crippen molar-refractivity contribution < 1.29 is 44.6 Å². The van der Waals surface area contributed by atoms with Crippen LogP contribution < -0.4 is 9.47 Å². The van der Waals surface area contributed by atoms with Crippen LogP contribution in [0.25, 0.3) is 0 Å². The van der Waals surface area contributed by atoms with E-state index in [9.17, 15) is 35.1 Å². The van der Waals surface area contributed by atoms with Crippen LogP contribution >= 0.6 is 68.3 Å². The Labute approximate surface area is 266 Å². The van der Waals surface area contributed by atoms with Crippen molar-refractivity contribution in [2.45, 2.75) is 72.2 Å². The van der Waals surface area contributed by atoms with Crippen LogP contribution in [0.2, 0.25) is 10.0 Å². The van der Waals surface area contributed by atoms with Crippen LogP contribution in [0.5, 0.6) is 11.5 Å². The molecule has 0 fully saturated rings. The van der Waals surface area contributed by atoms with Crippen LogP contribution in [0.15, 0.2) is 34.1 Å². The number of halogens is 10. The highest BCUT2D eigenvalue weighted by Gasteiger charge is 2.27. The zero-order valence-corrected chi connectivity index (χ0v) is 26.8. The molecular weight excluding hydrogens is 695 g/mol. The van der Waals surface area contributed by atoms with E-state index in [1.807, 2.05) is 0 Å². The van der Waals surface area contributed by atoms with E-state index in [4.69, 9.17) is 32.7 Å². The van der Waals surface area contributed by atoms with Crippen molar-refractivity contribution in [3.63, 3.8) is 0 Å². The summed E-state index contributed by atoms with van der Waals surface area (Å²) in [4.78, 5) is 0.933. The van der Waals surface area contributed by atoms with Crippen molar-refractivity contribution in [1.29, 1.82) is 0 Å². The van der Waals surface area contributed by atoms with E-state index in [1.54, 1.807) is 0 Å². The fourth-order valence-corrected chi connectivity index (χ4v) is 7.41. The normalized spacial score (nSPS) is 12.1. The molecule has 0 saturated carbocycles. The summed E-state index contributed by atoms with van der Waals surface area (Å²) in [6, 6.07) is 5.07. The highest BCUT2D eigenvalue weighted by molar-refractivity contribution is 8.76. The minimum Gasteiger partial charge on any atom is -0.490 e. The number of ether oxygens (including phenoxy) is 2. The van der Waals surface area contributed by atoms with Gasteiger partial charge in [0.15, 0.2) is 23.1 Å². The number of thioether (sulfide) groups is 2. The van der Waals surface area contributed by atoms with Crippen molar-refractivity contribution >= 4 is 68.3 Å². The molecule has 0 aliphatic rings. The number of hydrogen-bond donors (Lipinski definition) is 0. The quantitative estimate of drug-likeness (QED) is 0.0810. The van der Waals surface area contributed by atoms with Gasteiger partial charge in [0, 0.05) is 21.3 Å². The van der Waals surface area contributed by atoms with Crippen molar-refractivity contribution in [3.05, 3.63) is 45.9 Å². The van der Waals surface area contributed by atoms with Gasteiger partial charge in [-0.3, -0.25) is 0 Å². The fraction of sp³-hybridized carbons (Fsp3) is 0.538. The van der Waals surface area contributed by atoms with Gasteiger partial charge in [0.2, 0.25) is 0 Å². The molecule has 2 aromatic carbocycles. The molecule has 0 saturated heterocycles. The molecule has 2 rings (SSSR count). The second-order valence-corrected chi connectivity index (χ2v) is 14.1. The Morgan fingerprint density at radius 2 is 0.905 bits per heavy atom. The van der Waals surface area contributed by atoms with E-state index in [2.05, 4.69) is 0 Å². The minimum atomic E-state index is -4.23. The molecule has 0 bridgehead atoms.